The van der Waals surface area contributed by atoms with E-state index in [0.29, 0.717) is 31.5 Å². The highest BCUT2D eigenvalue weighted by Crippen LogP contribution is 2.35. The fourth-order valence-electron chi connectivity index (χ4n) is 1.94. The normalized spacial score (nSPS) is 14.8. The number of terminal acetylenes is 1. The zero-order chi connectivity index (χ0) is 16.9. The lowest BCUT2D eigenvalue weighted by Crippen LogP contribution is -2.28. The SMILES string of the molecule is C#CCCC1(CCNC(=O)c2ccc(NS(C)(=O)=O)cn2)N=N1. The number of sulfonamides is 1. The summed E-state index contributed by atoms with van der Waals surface area (Å²) in [7, 11) is -3.37. The van der Waals surface area contributed by atoms with Gasteiger partial charge in [0, 0.05) is 25.8 Å². The van der Waals surface area contributed by atoms with Crippen molar-refractivity contribution >= 4 is 21.6 Å². The van der Waals surface area contributed by atoms with Crippen LogP contribution in [0.25, 0.3) is 0 Å². The Kier molecular flexibility index (Phi) is 4.95. The van der Waals surface area contributed by atoms with Crippen LogP contribution in [0.1, 0.15) is 29.8 Å². The average molecular weight is 335 g/mol. The minimum absolute atomic E-state index is 0.200. The number of carbonyl (C=O) groups excluding carboxylic acids is 1. The van der Waals surface area contributed by atoms with Gasteiger partial charge in [0.05, 0.1) is 18.1 Å². The summed E-state index contributed by atoms with van der Waals surface area (Å²) < 4.78 is 24.5. The zero-order valence-electron chi connectivity index (χ0n) is 12.6. The molecule has 0 radical (unpaired) electrons. The largest absolute Gasteiger partial charge is 0.351 e. The molecule has 2 N–H and O–H groups in total. The van der Waals surface area contributed by atoms with Crippen LogP contribution in [0.3, 0.4) is 0 Å². The van der Waals surface area contributed by atoms with Gasteiger partial charge in [0.25, 0.3) is 5.91 Å². The molecule has 0 unspecified atom stereocenters. The first-order valence-electron chi connectivity index (χ1n) is 6.93. The monoisotopic (exact) mass is 335 g/mol. The molecule has 0 saturated carbocycles. The van der Waals surface area contributed by atoms with E-state index in [1.54, 1.807) is 0 Å². The molecule has 122 valence electrons. The van der Waals surface area contributed by atoms with Crippen molar-refractivity contribution in [3.8, 4) is 12.3 Å². The Morgan fingerprint density at radius 3 is 2.61 bits per heavy atom. The average Bonchev–Trinajstić information content (AvgIpc) is 3.24. The van der Waals surface area contributed by atoms with Gasteiger partial charge >= 0.3 is 0 Å². The van der Waals surface area contributed by atoms with Gasteiger partial charge in [-0.3, -0.25) is 9.52 Å². The predicted molar refractivity (Wildman–Crippen MR) is 85.3 cm³/mol. The first kappa shape index (κ1) is 16.9. The predicted octanol–water partition coefficient (Wildman–Crippen LogP) is 1.15. The van der Waals surface area contributed by atoms with Crippen LogP contribution in [0.2, 0.25) is 0 Å². The van der Waals surface area contributed by atoms with Gasteiger partial charge in [-0.15, -0.1) is 12.3 Å². The molecular formula is C14H17N5O3S. The lowest BCUT2D eigenvalue weighted by atomic mass is 10.0. The van der Waals surface area contributed by atoms with E-state index in [9.17, 15) is 13.2 Å². The first-order valence-corrected chi connectivity index (χ1v) is 8.82. The maximum atomic E-state index is 12.0. The van der Waals surface area contributed by atoms with Gasteiger partial charge in [-0.1, -0.05) is 0 Å². The standard InChI is InChI=1S/C14H17N5O3S/c1-3-4-7-14(18-19-14)8-9-15-13(20)12-6-5-11(10-16-12)17-23(2,21)22/h1,5-6,10,17H,4,7-9H2,2H3,(H,15,20). The van der Waals surface area contributed by atoms with Crippen molar-refractivity contribution in [3.05, 3.63) is 24.0 Å². The van der Waals surface area contributed by atoms with Crippen LogP contribution in [0.4, 0.5) is 5.69 Å². The van der Waals surface area contributed by atoms with Gasteiger partial charge in [0.1, 0.15) is 5.69 Å². The van der Waals surface area contributed by atoms with Crippen molar-refractivity contribution in [1.29, 1.82) is 0 Å². The molecule has 2 heterocycles. The van der Waals surface area contributed by atoms with E-state index in [-0.39, 0.29) is 11.6 Å². The molecule has 1 aliphatic heterocycles. The Morgan fingerprint density at radius 2 is 2.09 bits per heavy atom. The number of anilines is 1. The molecule has 0 aromatic carbocycles. The van der Waals surface area contributed by atoms with Gasteiger partial charge in [-0.2, -0.15) is 10.2 Å². The van der Waals surface area contributed by atoms with Gasteiger partial charge in [-0.05, 0) is 12.1 Å². The molecule has 2 rings (SSSR count). The number of amides is 1. The molecule has 0 bridgehead atoms. The number of hydrogen-bond donors (Lipinski definition) is 2. The van der Waals surface area contributed by atoms with Crippen molar-refractivity contribution < 1.29 is 13.2 Å². The van der Waals surface area contributed by atoms with Crippen LogP contribution in [0.5, 0.6) is 0 Å². The molecule has 1 aromatic rings. The fraction of sp³-hybridized carbons (Fsp3) is 0.429. The second-order valence-corrected chi connectivity index (χ2v) is 6.95. The van der Waals surface area contributed by atoms with Crippen molar-refractivity contribution in [3.63, 3.8) is 0 Å². The van der Waals surface area contributed by atoms with E-state index >= 15 is 0 Å². The highest BCUT2D eigenvalue weighted by Gasteiger charge is 2.38. The summed E-state index contributed by atoms with van der Waals surface area (Å²) in [5, 5.41) is 10.7. The summed E-state index contributed by atoms with van der Waals surface area (Å²) >= 11 is 0. The smallest absolute Gasteiger partial charge is 0.269 e. The number of carbonyl (C=O) groups is 1. The molecule has 1 aliphatic rings. The van der Waals surface area contributed by atoms with Gasteiger partial charge < -0.3 is 5.32 Å². The fourth-order valence-corrected chi connectivity index (χ4v) is 2.49. The zero-order valence-corrected chi connectivity index (χ0v) is 13.4. The van der Waals surface area contributed by atoms with E-state index in [0.717, 1.165) is 6.26 Å². The van der Waals surface area contributed by atoms with Crippen molar-refractivity contribution in [2.24, 2.45) is 10.2 Å². The summed E-state index contributed by atoms with van der Waals surface area (Å²) in [6.07, 6.45) is 9.41. The first-order chi connectivity index (χ1) is 10.8. The van der Waals surface area contributed by atoms with Crippen molar-refractivity contribution in [1.82, 2.24) is 10.3 Å². The maximum Gasteiger partial charge on any atom is 0.269 e. The summed E-state index contributed by atoms with van der Waals surface area (Å²) in [5.41, 5.74) is 0.0651. The van der Waals surface area contributed by atoms with Crippen molar-refractivity contribution in [2.45, 2.75) is 24.9 Å². The molecule has 0 atom stereocenters. The Labute approximate surface area is 134 Å². The third-order valence-electron chi connectivity index (χ3n) is 3.16. The summed E-state index contributed by atoms with van der Waals surface area (Å²) in [4.78, 5) is 15.9. The highest BCUT2D eigenvalue weighted by molar-refractivity contribution is 7.92. The van der Waals surface area contributed by atoms with Crippen LogP contribution >= 0.6 is 0 Å². The summed E-state index contributed by atoms with van der Waals surface area (Å²) in [6, 6.07) is 2.92. The van der Waals surface area contributed by atoms with E-state index in [4.69, 9.17) is 6.42 Å². The summed E-state index contributed by atoms with van der Waals surface area (Å²) in [6.45, 7) is 0.404. The molecule has 0 aliphatic carbocycles. The third-order valence-corrected chi connectivity index (χ3v) is 3.77. The molecule has 8 nitrogen and oxygen atoms in total. The molecule has 0 spiro atoms. The van der Waals surface area contributed by atoms with Crippen LogP contribution in [0, 0.1) is 12.3 Å². The minimum atomic E-state index is -3.37. The number of rotatable bonds is 8. The Morgan fingerprint density at radius 1 is 1.35 bits per heavy atom. The number of nitrogens with zero attached hydrogens (tertiary/aromatic N) is 3. The number of hydrogen-bond acceptors (Lipinski definition) is 6. The van der Waals surface area contributed by atoms with Crippen LogP contribution < -0.4 is 10.0 Å². The van der Waals surface area contributed by atoms with E-state index in [2.05, 4.69) is 31.2 Å². The maximum absolute atomic E-state index is 12.0. The second kappa shape index (κ2) is 6.75. The molecule has 0 saturated heterocycles. The molecule has 23 heavy (non-hydrogen) atoms. The van der Waals surface area contributed by atoms with Crippen LogP contribution in [-0.2, 0) is 10.0 Å². The lowest BCUT2D eigenvalue weighted by molar-refractivity contribution is 0.0947. The topological polar surface area (TPSA) is 113 Å². The minimum Gasteiger partial charge on any atom is -0.351 e. The van der Waals surface area contributed by atoms with Crippen molar-refractivity contribution in [2.75, 3.05) is 17.5 Å². The van der Waals surface area contributed by atoms with Gasteiger partial charge in [-0.25, -0.2) is 13.4 Å². The van der Waals surface area contributed by atoms with Crippen LogP contribution in [-0.4, -0.2) is 37.8 Å². The number of nitrogens with one attached hydrogen (secondary N) is 2. The van der Waals surface area contributed by atoms with Gasteiger partial charge in [0.2, 0.25) is 10.0 Å². The summed E-state index contributed by atoms with van der Waals surface area (Å²) in [5.74, 6) is 2.20. The van der Waals surface area contributed by atoms with E-state index in [1.807, 2.05) is 0 Å². The van der Waals surface area contributed by atoms with E-state index < -0.39 is 15.7 Å². The third kappa shape index (κ3) is 5.34. The second-order valence-electron chi connectivity index (χ2n) is 5.20. The molecule has 0 fully saturated rings. The molecule has 9 heteroatoms. The molecule has 1 amide bonds. The van der Waals surface area contributed by atoms with Crippen LogP contribution in [0.15, 0.2) is 28.6 Å². The molecular weight excluding hydrogens is 318 g/mol. The highest BCUT2D eigenvalue weighted by atomic mass is 32.2. The van der Waals surface area contributed by atoms with Gasteiger partial charge in [0.15, 0.2) is 5.66 Å². The number of pyridine rings is 1. The number of aromatic nitrogens is 1. The Hall–Kier alpha value is -2.47. The van der Waals surface area contributed by atoms with E-state index in [1.165, 1.54) is 18.3 Å². The lowest BCUT2D eigenvalue weighted by Gasteiger charge is -2.10. The Balaban J connectivity index is 1.81. The molecule has 1 aromatic heterocycles. The quantitative estimate of drug-likeness (QED) is 0.694. The Bertz CT molecular complexity index is 744.